The Labute approximate surface area is 164 Å². The fraction of sp³-hybridized carbons (Fsp3) is 0.304. The highest BCUT2D eigenvalue weighted by atomic mass is 32.1. The minimum atomic E-state index is -0.173. The number of nitrogens with zero attached hydrogens (tertiary/aromatic N) is 2. The van der Waals surface area contributed by atoms with Gasteiger partial charge in [-0.1, -0.05) is 48.0 Å². The first kappa shape index (κ1) is 18.4. The van der Waals surface area contributed by atoms with E-state index in [0.717, 1.165) is 38.2 Å². The summed E-state index contributed by atoms with van der Waals surface area (Å²) in [7, 11) is 0. The molecule has 0 saturated carbocycles. The summed E-state index contributed by atoms with van der Waals surface area (Å²) in [5, 5.41) is 2.16. The van der Waals surface area contributed by atoms with Crippen molar-refractivity contribution < 1.29 is 4.39 Å². The van der Waals surface area contributed by atoms with E-state index in [9.17, 15) is 4.39 Å². The van der Waals surface area contributed by atoms with Crippen molar-refractivity contribution in [1.29, 1.82) is 0 Å². The molecule has 4 heteroatoms. The average Bonchev–Trinajstić information content (AvgIpc) is 3.20. The molecule has 1 atom stereocenters. The Morgan fingerprint density at radius 3 is 2.04 bits per heavy atom. The lowest BCUT2D eigenvalue weighted by molar-refractivity contribution is -0.00688. The molecule has 140 valence electrons. The molecule has 2 nitrogen and oxygen atoms in total. The second-order valence-corrected chi connectivity index (χ2v) is 8.27. The number of hydrogen-bond acceptors (Lipinski definition) is 3. The van der Waals surface area contributed by atoms with Crippen LogP contribution in [0.1, 0.15) is 34.2 Å². The Kier molecular flexibility index (Phi) is 5.67. The van der Waals surface area contributed by atoms with Crippen molar-refractivity contribution in [3.05, 3.63) is 93.4 Å². The molecule has 1 aromatic heterocycles. The molecule has 0 radical (unpaired) electrons. The van der Waals surface area contributed by atoms with E-state index in [4.69, 9.17) is 0 Å². The average molecular weight is 381 g/mol. The fourth-order valence-corrected chi connectivity index (χ4v) is 4.73. The lowest BCUT2D eigenvalue weighted by atomic mass is 10.1. The second-order valence-electron chi connectivity index (χ2n) is 7.30. The molecule has 0 aliphatic carbocycles. The zero-order chi connectivity index (χ0) is 18.6. The Balaban J connectivity index is 1.58. The lowest BCUT2D eigenvalue weighted by Gasteiger charge is -2.43. The van der Waals surface area contributed by atoms with Crippen molar-refractivity contribution in [2.24, 2.45) is 0 Å². The van der Waals surface area contributed by atoms with E-state index in [1.807, 2.05) is 23.5 Å². The van der Waals surface area contributed by atoms with Crippen LogP contribution in [0.5, 0.6) is 0 Å². The Bertz CT molecular complexity index is 788. The molecule has 1 unspecified atom stereocenters. The Morgan fingerprint density at radius 1 is 0.889 bits per heavy atom. The number of thiophene rings is 1. The van der Waals surface area contributed by atoms with E-state index in [-0.39, 0.29) is 12.0 Å². The molecular weight excluding hydrogens is 355 g/mol. The van der Waals surface area contributed by atoms with Crippen molar-refractivity contribution in [2.75, 3.05) is 13.1 Å². The van der Waals surface area contributed by atoms with Crippen LogP contribution >= 0.6 is 11.3 Å². The van der Waals surface area contributed by atoms with Crippen LogP contribution in [0.4, 0.5) is 4.39 Å². The van der Waals surface area contributed by atoms with Crippen LogP contribution in [0.3, 0.4) is 0 Å². The summed E-state index contributed by atoms with van der Waals surface area (Å²) in [4.78, 5) is 6.48. The number of aryl methyl sites for hydroxylation is 1. The van der Waals surface area contributed by atoms with Gasteiger partial charge < -0.3 is 0 Å². The highest BCUT2D eigenvalue weighted by Gasteiger charge is 2.31. The summed E-state index contributed by atoms with van der Waals surface area (Å²) in [5.74, 6) is -0.173. The second kappa shape index (κ2) is 8.34. The van der Waals surface area contributed by atoms with Crippen molar-refractivity contribution in [3.8, 4) is 0 Å². The van der Waals surface area contributed by atoms with Gasteiger partial charge in [0.2, 0.25) is 0 Å². The summed E-state index contributed by atoms with van der Waals surface area (Å²) in [6.07, 6.45) is 1.42. The van der Waals surface area contributed by atoms with Crippen molar-refractivity contribution in [2.45, 2.75) is 32.6 Å². The Morgan fingerprint density at radius 2 is 1.48 bits per heavy atom. The smallest absolute Gasteiger partial charge is 0.123 e. The highest BCUT2D eigenvalue weighted by Crippen LogP contribution is 2.34. The first-order valence-corrected chi connectivity index (χ1v) is 10.4. The van der Waals surface area contributed by atoms with Gasteiger partial charge in [-0.3, -0.25) is 9.80 Å². The van der Waals surface area contributed by atoms with E-state index >= 15 is 0 Å². The monoisotopic (exact) mass is 380 g/mol. The van der Waals surface area contributed by atoms with E-state index < -0.39 is 0 Å². The van der Waals surface area contributed by atoms with Crippen LogP contribution in [-0.2, 0) is 13.1 Å². The van der Waals surface area contributed by atoms with Gasteiger partial charge in [0, 0.05) is 31.1 Å². The van der Waals surface area contributed by atoms with Crippen LogP contribution in [0.15, 0.2) is 66.0 Å². The molecule has 1 fully saturated rings. The normalized spacial score (nSPS) is 18.7. The summed E-state index contributed by atoms with van der Waals surface area (Å²) >= 11 is 1.82. The van der Waals surface area contributed by atoms with Gasteiger partial charge in [0.15, 0.2) is 0 Å². The van der Waals surface area contributed by atoms with Gasteiger partial charge in [0.25, 0.3) is 0 Å². The minimum Gasteiger partial charge on any atom is -0.279 e. The summed E-state index contributed by atoms with van der Waals surface area (Å²) < 4.78 is 13.3. The predicted molar refractivity (Wildman–Crippen MR) is 110 cm³/mol. The molecule has 0 spiro atoms. The van der Waals surface area contributed by atoms with E-state index in [1.54, 1.807) is 12.1 Å². The van der Waals surface area contributed by atoms with Crippen molar-refractivity contribution in [1.82, 2.24) is 9.80 Å². The minimum absolute atomic E-state index is 0.173. The van der Waals surface area contributed by atoms with Gasteiger partial charge >= 0.3 is 0 Å². The van der Waals surface area contributed by atoms with Crippen LogP contribution < -0.4 is 0 Å². The van der Waals surface area contributed by atoms with Gasteiger partial charge in [0.1, 0.15) is 5.82 Å². The Hall–Kier alpha value is -2.01. The van der Waals surface area contributed by atoms with E-state index in [2.05, 4.69) is 58.5 Å². The molecule has 1 aliphatic heterocycles. The third-order valence-electron chi connectivity index (χ3n) is 5.19. The quantitative estimate of drug-likeness (QED) is 0.568. The first-order valence-electron chi connectivity index (χ1n) is 9.50. The van der Waals surface area contributed by atoms with Gasteiger partial charge in [-0.05, 0) is 48.1 Å². The van der Waals surface area contributed by atoms with Crippen LogP contribution in [0.25, 0.3) is 0 Å². The fourth-order valence-electron chi connectivity index (χ4n) is 3.83. The SMILES string of the molecule is Cc1ccc(CN2CCCN(Cc3ccc(F)cc3)C2c2cccs2)cc1. The molecule has 3 aromatic rings. The maximum atomic E-state index is 13.3. The zero-order valence-corrected chi connectivity index (χ0v) is 16.5. The van der Waals surface area contributed by atoms with E-state index in [0.29, 0.717) is 0 Å². The molecule has 0 amide bonds. The standard InChI is InChI=1S/C23H25FN2S/c1-18-5-7-19(8-6-18)16-25-13-3-14-26(23(25)22-4-2-15-27-22)17-20-9-11-21(24)12-10-20/h2,4-12,15,23H,3,13-14,16-17H2,1H3. The number of rotatable bonds is 5. The molecule has 1 saturated heterocycles. The topological polar surface area (TPSA) is 6.48 Å². The summed E-state index contributed by atoms with van der Waals surface area (Å²) in [5.41, 5.74) is 3.81. The third kappa shape index (κ3) is 4.46. The lowest BCUT2D eigenvalue weighted by Crippen LogP contribution is -2.46. The van der Waals surface area contributed by atoms with Crippen LogP contribution in [-0.4, -0.2) is 22.9 Å². The number of hydrogen-bond donors (Lipinski definition) is 0. The maximum Gasteiger partial charge on any atom is 0.123 e. The molecule has 0 bridgehead atoms. The third-order valence-corrected chi connectivity index (χ3v) is 6.10. The molecule has 4 rings (SSSR count). The number of benzene rings is 2. The molecule has 27 heavy (non-hydrogen) atoms. The molecular formula is C23H25FN2S. The van der Waals surface area contributed by atoms with Crippen LogP contribution in [0, 0.1) is 12.7 Å². The van der Waals surface area contributed by atoms with Gasteiger partial charge in [0.05, 0.1) is 6.17 Å². The molecule has 2 heterocycles. The highest BCUT2D eigenvalue weighted by molar-refractivity contribution is 7.10. The van der Waals surface area contributed by atoms with Crippen molar-refractivity contribution >= 4 is 11.3 Å². The molecule has 1 aliphatic rings. The molecule has 2 aromatic carbocycles. The van der Waals surface area contributed by atoms with Gasteiger partial charge in [-0.15, -0.1) is 11.3 Å². The van der Waals surface area contributed by atoms with Crippen LogP contribution in [0.2, 0.25) is 0 Å². The largest absolute Gasteiger partial charge is 0.279 e. The van der Waals surface area contributed by atoms with Gasteiger partial charge in [-0.25, -0.2) is 4.39 Å². The summed E-state index contributed by atoms with van der Waals surface area (Å²) in [6.45, 7) is 6.07. The molecule has 0 N–H and O–H groups in total. The van der Waals surface area contributed by atoms with E-state index in [1.165, 1.54) is 16.0 Å². The maximum absolute atomic E-state index is 13.3. The number of halogens is 1. The predicted octanol–water partition coefficient (Wildman–Crippen LogP) is 5.60. The first-order chi connectivity index (χ1) is 13.2. The summed E-state index contributed by atoms with van der Waals surface area (Å²) in [6, 6.07) is 20.1. The zero-order valence-electron chi connectivity index (χ0n) is 15.6. The van der Waals surface area contributed by atoms with Gasteiger partial charge in [-0.2, -0.15) is 0 Å². The van der Waals surface area contributed by atoms with Crippen molar-refractivity contribution in [3.63, 3.8) is 0 Å².